The third-order valence-electron chi connectivity index (χ3n) is 4.81. The number of H-pyrrole nitrogens is 1. The fourth-order valence-corrected chi connectivity index (χ4v) is 3.34. The highest BCUT2D eigenvalue weighted by atomic mass is 127. The quantitative estimate of drug-likeness (QED) is 0.260. The lowest BCUT2D eigenvalue weighted by Gasteiger charge is -2.33. The molecule has 1 aliphatic heterocycles. The summed E-state index contributed by atoms with van der Waals surface area (Å²) in [4.78, 5) is 15.9. The van der Waals surface area contributed by atoms with Gasteiger partial charge in [0.2, 0.25) is 5.82 Å². The third-order valence-corrected chi connectivity index (χ3v) is 4.81. The fourth-order valence-electron chi connectivity index (χ4n) is 3.34. The number of nitrogens with one attached hydrogen (secondary N) is 3. The highest BCUT2D eigenvalue weighted by molar-refractivity contribution is 14.0. The van der Waals surface area contributed by atoms with Crippen LogP contribution in [0.2, 0.25) is 0 Å². The number of piperidine rings is 1. The van der Waals surface area contributed by atoms with Crippen molar-refractivity contribution in [2.24, 2.45) is 4.99 Å². The summed E-state index contributed by atoms with van der Waals surface area (Å²) >= 11 is 0. The molecular formula is C20H27IN8O. The number of pyridine rings is 1. The van der Waals surface area contributed by atoms with E-state index in [1.165, 1.54) is 0 Å². The van der Waals surface area contributed by atoms with E-state index in [0.29, 0.717) is 30.0 Å². The van der Waals surface area contributed by atoms with E-state index in [1.54, 1.807) is 6.26 Å². The molecule has 3 aromatic heterocycles. The molecule has 1 fully saturated rings. The Morgan fingerprint density at radius 1 is 1.27 bits per heavy atom. The maximum Gasteiger partial charge on any atom is 0.216 e. The predicted octanol–water partition coefficient (Wildman–Crippen LogP) is 2.80. The van der Waals surface area contributed by atoms with Gasteiger partial charge in [-0.2, -0.15) is 0 Å². The molecule has 10 heteroatoms. The van der Waals surface area contributed by atoms with Gasteiger partial charge < -0.3 is 20.0 Å². The second-order valence-electron chi connectivity index (χ2n) is 6.87. The van der Waals surface area contributed by atoms with Crippen LogP contribution in [0.5, 0.6) is 0 Å². The van der Waals surface area contributed by atoms with Crippen molar-refractivity contribution in [1.82, 2.24) is 30.8 Å². The van der Waals surface area contributed by atoms with Crippen LogP contribution in [-0.2, 0) is 6.54 Å². The first-order valence-electron chi connectivity index (χ1n) is 9.98. The number of hydrogen-bond acceptors (Lipinski definition) is 6. The topological polar surface area (TPSA) is 107 Å². The first kappa shape index (κ1) is 22.1. The molecule has 0 aliphatic carbocycles. The smallest absolute Gasteiger partial charge is 0.216 e. The van der Waals surface area contributed by atoms with Gasteiger partial charge >= 0.3 is 0 Å². The molecule has 0 saturated carbocycles. The van der Waals surface area contributed by atoms with Crippen LogP contribution in [0.15, 0.2) is 52.2 Å². The second-order valence-corrected chi connectivity index (χ2v) is 6.87. The second kappa shape index (κ2) is 11.0. The number of furan rings is 1. The van der Waals surface area contributed by atoms with Crippen molar-refractivity contribution in [2.75, 3.05) is 24.5 Å². The van der Waals surface area contributed by atoms with E-state index >= 15 is 0 Å². The molecule has 30 heavy (non-hydrogen) atoms. The highest BCUT2D eigenvalue weighted by Crippen LogP contribution is 2.17. The Balaban J connectivity index is 0.00000256. The van der Waals surface area contributed by atoms with E-state index in [9.17, 15) is 0 Å². The number of hydrogen-bond donors (Lipinski definition) is 3. The van der Waals surface area contributed by atoms with Crippen LogP contribution < -0.4 is 15.5 Å². The molecule has 160 valence electrons. The Kier molecular flexibility index (Phi) is 8.05. The zero-order valence-corrected chi connectivity index (χ0v) is 19.2. The van der Waals surface area contributed by atoms with E-state index in [-0.39, 0.29) is 24.0 Å². The number of aromatic nitrogens is 4. The molecule has 9 nitrogen and oxygen atoms in total. The van der Waals surface area contributed by atoms with Gasteiger partial charge in [0.05, 0.1) is 6.26 Å². The Morgan fingerprint density at radius 3 is 2.83 bits per heavy atom. The number of anilines is 1. The monoisotopic (exact) mass is 522 g/mol. The summed E-state index contributed by atoms with van der Waals surface area (Å²) in [5.74, 6) is 3.71. The van der Waals surface area contributed by atoms with E-state index in [0.717, 1.165) is 44.3 Å². The molecule has 0 bridgehead atoms. The van der Waals surface area contributed by atoms with Gasteiger partial charge in [-0.1, -0.05) is 6.07 Å². The summed E-state index contributed by atoms with van der Waals surface area (Å²) in [5.41, 5.74) is 0. The molecule has 0 radical (unpaired) electrons. The molecule has 3 aromatic rings. The SMILES string of the molecule is CCNC(=NCc1nc(-c2ccco2)n[nH]1)NC1CCN(c2ccccn2)CC1.I. The molecule has 1 aliphatic rings. The summed E-state index contributed by atoms with van der Waals surface area (Å²) in [6.45, 7) is 5.22. The summed E-state index contributed by atoms with van der Waals surface area (Å²) in [6, 6.07) is 10.1. The third kappa shape index (κ3) is 5.71. The van der Waals surface area contributed by atoms with Crippen molar-refractivity contribution in [2.45, 2.75) is 32.4 Å². The number of aliphatic imine (C=N–C) groups is 1. The molecule has 0 atom stereocenters. The van der Waals surface area contributed by atoms with Crippen LogP contribution in [0, 0.1) is 0 Å². The largest absolute Gasteiger partial charge is 0.461 e. The first-order chi connectivity index (χ1) is 14.3. The van der Waals surface area contributed by atoms with Gasteiger partial charge in [0.25, 0.3) is 0 Å². The maximum absolute atomic E-state index is 5.32. The molecule has 3 N–H and O–H groups in total. The Hall–Kier alpha value is -2.63. The average Bonchev–Trinajstić information content (AvgIpc) is 3.45. The zero-order valence-electron chi connectivity index (χ0n) is 16.9. The highest BCUT2D eigenvalue weighted by Gasteiger charge is 2.20. The molecule has 0 unspecified atom stereocenters. The Morgan fingerprint density at radius 2 is 2.13 bits per heavy atom. The summed E-state index contributed by atoms with van der Waals surface area (Å²) in [5, 5.41) is 14.0. The number of aromatic amines is 1. The van der Waals surface area contributed by atoms with E-state index < -0.39 is 0 Å². The predicted molar refractivity (Wildman–Crippen MR) is 127 cm³/mol. The van der Waals surface area contributed by atoms with Gasteiger partial charge in [-0.05, 0) is 44.0 Å². The molecule has 0 amide bonds. The van der Waals surface area contributed by atoms with Gasteiger partial charge in [0.1, 0.15) is 18.2 Å². The van der Waals surface area contributed by atoms with Crippen LogP contribution in [0.1, 0.15) is 25.6 Å². The number of nitrogens with zero attached hydrogens (tertiary/aromatic N) is 5. The van der Waals surface area contributed by atoms with Crippen molar-refractivity contribution < 1.29 is 4.42 Å². The minimum Gasteiger partial charge on any atom is -0.461 e. The maximum atomic E-state index is 5.32. The van der Waals surface area contributed by atoms with Gasteiger partial charge in [-0.25, -0.2) is 15.0 Å². The molecule has 1 saturated heterocycles. The van der Waals surface area contributed by atoms with Gasteiger partial charge in [0, 0.05) is 31.9 Å². The molecule has 0 aromatic carbocycles. The van der Waals surface area contributed by atoms with Gasteiger partial charge in [0.15, 0.2) is 11.7 Å². The lowest BCUT2D eigenvalue weighted by atomic mass is 10.1. The minimum atomic E-state index is 0. The lowest BCUT2D eigenvalue weighted by molar-refractivity contribution is 0.459. The lowest BCUT2D eigenvalue weighted by Crippen LogP contribution is -2.48. The van der Waals surface area contributed by atoms with Crippen LogP contribution >= 0.6 is 24.0 Å². The standard InChI is InChI=1S/C20H26N8O.HI/c1-2-21-20(23-14-17-25-19(27-26-17)16-6-5-13-29-16)24-15-8-11-28(12-9-15)18-7-3-4-10-22-18;/h3-7,10,13,15H,2,8-9,11-12,14H2,1H3,(H2,21,23,24)(H,25,26,27);1H. The van der Waals surface area contributed by atoms with Crippen LogP contribution in [-0.4, -0.2) is 51.8 Å². The minimum absolute atomic E-state index is 0. The molecular weight excluding hydrogens is 495 g/mol. The first-order valence-corrected chi connectivity index (χ1v) is 9.98. The normalized spacial score (nSPS) is 15.0. The Labute approximate surface area is 192 Å². The molecule has 0 spiro atoms. The van der Waals surface area contributed by atoms with Crippen molar-refractivity contribution >= 4 is 35.8 Å². The van der Waals surface area contributed by atoms with Crippen LogP contribution in [0.3, 0.4) is 0 Å². The van der Waals surface area contributed by atoms with E-state index in [4.69, 9.17) is 4.42 Å². The van der Waals surface area contributed by atoms with E-state index in [1.807, 2.05) is 30.5 Å². The van der Waals surface area contributed by atoms with Crippen LogP contribution in [0.25, 0.3) is 11.6 Å². The van der Waals surface area contributed by atoms with Crippen molar-refractivity contribution in [1.29, 1.82) is 0 Å². The van der Waals surface area contributed by atoms with E-state index in [2.05, 4.69) is 53.7 Å². The van der Waals surface area contributed by atoms with Gasteiger partial charge in [-0.3, -0.25) is 5.10 Å². The van der Waals surface area contributed by atoms with Gasteiger partial charge in [-0.15, -0.1) is 29.1 Å². The van der Waals surface area contributed by atoms with Crippen molar-refractivity contribution in [3.05, 3.63) is 48.6 Å². The molecule has 4 heterocycles. The zero-order chi connectivity index (χ0) is 19.9. The fraction of sp³-hybridized carbons (Fsp3) is 0.400. The number of halogens is 1. The number of rotatable bonds is 6. The average molecular weight is 522 g/mol. The summed E-state index contributed by atoms with van der Waals surface area (Å²) in [6.07, 6.45) is 5.52. The Bertz CT molecular complexity index is 904. The molecule has 4 rings (SSSR count). The number of guanidine groups is 1. The van der Waals surface area contributed by atoms with Crippen molar-refractivity contribution in [3.8, 4) is 11.6 Å². The summed E-state index contributed by atoms with van der Waals surface area (Å²) in [7, 11) is 0. The van der Waals surface area contributed by atoms with Crippen LogP contribution in [0.4, 0.5) is 5.82 Å². The van der Waals surface area contributed by atoms with Crippen molar-refractivity contribution in [3.63, 3.8) is 0 Å². The summed E-state index contributed by atoms with van der Waals surface area (Å²) < 4.78 is 5.32.